The Labute approximate surface area is 120 Å². The third-order valence-electron chi connectivity index (χ3n) is 2.88. The van der Waals surface area contributed by atoms with Crippen LogP contribution >= 0.6 is 9.24 Å². The second-order valence-corrected chi connectivity index (χ2v) is 4.90. The number of aromatic amines is 1. The van der Waals surface area contributed by atoms with Crippen molar-refractivity contribution in [1.29, 1.82) is 0 Å². The van der Waals surface area contributed by atoms with Crippen molar-refractivity contribution >= 4 is 25.8 Å². The van der Waals surface area contributed by atoms with Gasteiger partial charge in [-0.05, 0) is 12.0 Å². The Kier molecular flexibility index (Phi) is 4.37. The fourth-order valence-electron chi connectivity index (χ4n) is 1.99. The van der Waals surface area contributed by atoms with Crippen molar-refractivity contribution in [2.75, 3.05) is 7.11 Å². The molecule has 0 saturated carbocycles. The Morgan fingerprint density at radius 3 is 2.81 bits per heavy atom. The van der Waals surface area contributed by atoms with Crippen molar-refractivity contribution < 1.29 is 9.25 Å². The number of rotatable bonds is 4. The molecule has 1 unspecified atom stereocenters. The van der Waals surface area contributed by atoms with E-state index in [1.165, 1.54) is 13.2 Å². The molecule has 2 aromatic heterocycles. The molecule has 9 heteroatoms. The van der Waals surface area contributed by atoms with Crippen LogP contribution in [-0.2, 0) is 17.8 Å². The van der Waals surface area contributed by atoms with Gasteiger partial charge in [-0.3, -0.25) is 14.3 Å². The average molecular weight is 311 g/mol. The molecule has 112 valence electrons. The summed E-state index contributed by atoms with van der Waals surface area (Å²) in [5.41, 5.74) is -1.06. The second kappa shape index (κ2) is 6.05. The van der Waals surface area contributed by atoms with E-state index in [1.807, 2.05) is 0 Å². The number of H-pyrrole nitrogens is 1. The molecule has 21 heavy (non-hydrogen) atoms. The van der Waals surface area contributed by atoms with E-state index in [0.29, 0.717) is 17.4 Å². The van der Waals surface area contributed by atoms with Gasteiger partial charge in [0.1, 0.15) is 12.5 Å². The quantitative estimate of drug-likeness (QED) is 0.487. The fraction of sp³-hybridized carbons (Fsp3) is 0.333. The lowest BCUT2D eigenvalue weighted by Gasteiger charge is -2.07. The van der Waals surface area contributed by atoms with Gasteiger partial charge >= 0.3 is 11.3 Å². The maximum absolute atomic E-state index is 12.5. The van der Waals surface area contributed by atoms with Gasteiger partial charge in [0, 0.05) is 6.07 Å². The SMILES string of the molecule is CCc1cc(=O)oc2[nH]c(=O)n(C/C(P)=N/OC)c(=O)c12. The molecule has 2 rings (SSSR count). The highest BCUT2D eigenvalue weighted by atomic mass is 31.0. The highest BCUT2D eigenvalue weighted by molar-refractivity contribution is 7.40. The topological polar surface area (TPSA) is 107 Å². The molecule has 0 amide bonds. The molecule has 2 heterocycles. The fourth-order valence-corrected chi connectivity index (χ4v) is 2.27. The molecule has 0 spiro atoms. The summed E-state index contributed by atoms with van der Waals surface area (Å²) in [6, 6.07) is 1.25. The lowest BCUT2D eigenvalue weighted by atomic mass is 10.1. The van der Waals surface area contributed by atoms with Gasteiger partial charge in [-0.1, -0.05) is 21.3 Å². The van der Waals surface area contributed by atoms with Crippen LogP contribution in [0.3, 0.4) is 0 Å². The normalized spacial score (nSPS) is 11.9. The zero-order chi connectivity index (χ0) is 15.6. The van der Waals surface area contributed by atoms with Crippen molar-refractivity contribution in [3.05, 3.63) is 42.9 Å². The first-order valence-electron chi connectivity index (χ1n) is 6.13. The van der Waals surface area contributed by atoms with Gasteiger partial charge in [-0.2, -0.15) is 0 Å². The van der Waals surface area contributed by atoms with Crippen LogP contribution < -0.4 is 16.9 Å². The molecule has 0 aliphatic carbocycles. The van der Waals surface area contributed by atoms with Gasteiger partial charge in [0.15, 0.2) is 0 Å². The van der Waals surface area contributed by atoms with Crippen LogP contribution in [0, 0.1) is 0 Å². The van der Waals surface area contributed by atoms with E-state index in [2.05, 4.69) is 24.2 Å². The molecule has 0 bridgehead atoms. The molecule has 0 fully saturated rings. The van der Waals surface area contributed by atoms with E-state index in [1.54, 1.807) is 6.92 Å². The molecule has 2 aromatic rings. The summed E-state index contributed by atoms with van der Waals surface area (Å²) in [6.07, 6.45) is 0.462. The highest BCUT2D eigenvalue weighted by Gasteiger charge is 2.14. The first-order valence-corrected chi connectivity index (χ1v) is 6.71. The molecule has 1 N–H and O–H groups in total. The Morgan fingerprint density at radius 2 is 2.19 bits per heavy atom. The van der Waals surface area contributed by atoms with Gasteiger partial charge in [-0.25, -0.2) is 9.59 Å². The summed E-state index contributed by atoms with van der Waals surface area (Å²) in [6.45, 7) is 1.75. The number of aryl methyl sites for hydroxylation is 1. The van der Waals surface area contributed by atoms with Crippen LogP contribution in [0.2, 0.25) is 0 Å². The minimum Gasteiger partial charge on any atom is -0.405 e. The van der Waals surface area contributed by atoms with Crippen LogP contribution in [-0.4, -0.2) is 22.1 Å². The number of hydrogen-bond donors (Lipinski definition) is 1. The molecule has 0 aliphatic rings. The molecule has 0 aliphatic heterocycles. The smallest absolute Gasteiger partial charge is 0.337 e. The van der Waals surface area contributed by atoms with Crippen molar-refractivity contribution in [3.63, 3.8) is 0 Å². The largest absolute Gasteiger partial charge is 0.405 e. The summed E-state index contributed by atoms with van der Waals surface area (Å²) in [5.74, 6) is 0. The van der Waals surface area contributed by atoms with Crippen LogP contribution in [0.1, 0.15) is 12.5 Å². The van der Waals surface area contributed by atoms with Crippen LogP contribution in [0.4, 0.5) is 0 Å². The van der Waals surface area contributed by atoms with Crippen molar-refractivity contribution in [2.45, 2.75) is 19.9 Å². The summed E-state index contributed by atoms with van der Waals surface area (Å²) < 4.78 is 5.85. The average Bonchev–Trinajstić information content (AvgIpc) is 2.42. The number of oxime groups is 1. The Bertz CT molecular complexity index is 877. The maximum Gasteiger partial charge on any atom is 0.337 e. The standard InChI is InChI=1S/C12H14N3O5P/c1-3-6-4-8(16)20-10-9(6)11(17)15(12(18)13-10)5-7(21)14-19-2/h4H,3,5,21H2,1-2H3,(H,13,18)/b14-7-. The molecule has 0 saturated heterocycles. The number of hydrogen-bond acceptors (Lipinski definition) is 6. The third-order valence-corrected chi connectivity index (χ3v) is 3.17. The van der Waals surface area contributed by atoms with E-state index >= 15 is 0 Å². The lowest BCUT2D eigenvalue weighted by molar-refractivity contribution is 0.213. The molecule has 1 atom stereocenters. The van der Waals surface area contributed by atoms with Gasteiger partial charge in [0.2, 0.25) is 5.71 Å². The molecular formula is C12H14N3O5P. The molecular weight excluding hydrogens is 297 g/mol. The molecule has 0 aromatic carbocycles. The Hall–Kier alpha value is -2.21. The number of nitrogens with one attached hydrogen (secondary N) is 1. The van der Waals surface area contributed by atoms with Gasteiger partial charge < -0.3 is 9.25 Å². The first-order chi connectivity index (χ1) is 9.97. The van der Waals surface area contributed by atoms with Crippen molar-refractivity contribution in [3.8, 4) is 0 Å². The minimum atomic E-state index is -0.685. The van der Waals surface area contributed by atoms with E-state index in [0.717, 1.165) is 4.57 Å². The van der Waals surface area contributed by atoms with E-state index in [9.17, 15) is 14.4 Å². The van der Waals surface area contributed by atoms with Gasteiger partial charge in [-0.15, -0.1) is 0 Å². The van der Waals surface area contributed by atoms with E-state index in [4.69, 9.17) is 4.42 Å². The third kappa shape index (κ3) is 2.95. The second-order valence-electron chi connectivity index (χ2n) is 4.24. The van der Waals surface area contributed by atoms with Gasteiger partial charge in [0.05, 0.1) is 12.0 Å². The monoisotopic (exact) mass is 311 g/mol. The van der Waals surface area contributed by atoms with E-state index < -0.39 is 16.9 Å². The zero-order valence-electron chi connectivity index (χ0n) is 11.5. The van der Waals surface area contributed by atoms with Crippen LogP contribution in [0.15, 0.2) is 30.0 Å². The zero-order valence-corrected chi connectivity index (χ0v) is 12.7. The predicted octanol–water partition coefficient (Wildman–Crippen LogP) is 0.0404. The lowest BCUT2D eigenvalue weighted by Crippen LogP contribution is -2.37. The number of aromatic nitrogens is 2. The number of fused-ring (bicyclic) bond motifs is 1. The molecule has 8 nitrogen and oxygen atoms in total. The molecule has 0 radical (unpaired) electrons. The Morgan fingerprint density at radius 1 is 1.48 bits per heavy atom. The minimum absolute atomic E-state index is 0.0507. The summed E-state index contributed by atoms with van der Waals surface area (Å²) in [4.78, 5) is 42.8. The maximum atomic E-state index is 12.5. The van der Waals surface area contributed by atoms with Crippen LogP contribution in [0.25, 0.3) is 11.1 Å². The highest BCUT2D eigenvalue weighted by Crippen LogP contribution is 2.09. The predicted molar refractivity (Wildman–Crippen MR) is 80.9 cm³/mol. The first kappa shape index (κ1) is 15.2. The van der Waals surface area contributed by atoms with Crippen molar-refractivity contribution in [2.24, 2.45) is 5.16 Å². The Balaban J connectivity index is 2.78. The summed E-state index contributed by atoms with van der Waals surface area (Å²) in [7, 11) is 3.64. The number of nitrogens with zero attached hydrogens (tertiary/aromatic N) is 2. The van der Waals surface area contributed by atoms with Gasteiger partial charge in [0.25, 0.3) is 5.56 Å². The van der Waals surface area contributed by atoms with Crippen molar-refractivity contribution in [1.82, 2.24) is 9.55 Å². The summed E-state index contributed by atoms with van der Waals surface area (Å²) in [5, 5.41) is 3.82. The van der Waals surface area contributed by atoms with E-state index in [-0.39, 0.29) is 17.6 Å². The van der Waals surface area contributed by atoms with Crippen LogP contribution in [0.5, 0.6) is 0 Å². The summed E-state index contributed by atoms with van der Waals surface area (Å²) >= 11 is 0.